The third-order valence-electron chi connectivity index (χ3n) is 3.28. The summed E-state index contributed by atoms with van der Waals surface area (Å²) in [5.41, 5.74) is 0. The summed E-state index contributed by atoms with van der Waals surface area (Å²) in [6.45, 7) is 4.97. The van der Waals surface area contributed by atoms with Crippen LogP contribution in [0.1, 0.15) is 39.5 Å². The van der Waals surface area contributed by atoms with Crippen molar-refractivity contribution < 1.29 is 4.79 Å². The Morgan fingerprint density at radius 2 is 2.21 bits per heavy atom. The lowest BCUT2D eigenvalue weighted by Gasteiger charge is -2.38. The zero-order valence-corrected chi connectivity index (χ0v) is 9.12. The second-order valence-corrected chi connectivity index (χ2v) is 4.91. The van der Waals surface area contributed by atoms with E-state index in [1.165, 1.54) is 19.3 Å². The molecule has 2 aliphatic rings. The maximum absolute atomic E-state index is 11.7. The van der Waals surface area contributed by atoms with Crippen LogP contribution in [0.3, 0.4) is 0 Å². The molecular formula is C11H20N2O. The van der Waals surface area contributed by atoms with Gasteiger partial charge in [0.15, 0.2) is 0 Å². The SMILES string of the molecule is CC(C)CC1NCC(=O)N1C1CCC1. The zero-order valence-electron chi connectivity index (χ0n) is 9.12. The van der Waals surface area contributed by atoms with Gasteiger partial charge in [-0.3, -0.25) is 10.1 Å². The largest absolute Gasteiger partial charge is 0.323 e. The normalized spacial score (nSPS) is 28.6. The molecule has 0 radical (unpaired) electrons. The van der Waals surface area contributed by atoms with Gasteiger partial charge in [-0.2, -0.15) is 0 Å². The van der Waals surface area contributed by atoms with Crippen LogP contribution in [0.5, 0.6) is 0 Å². The van der Waals surface area contributed by atoms with Gasteiger partial charge in [-0.05, 0) is 31.6 Å². The molecule has 2 fully saturated rings. The maximum atomic E-state index is 11.7. The van der Waals surface area contributed by atoms with E-state index in [-0.39, 0.29) is 0 Å². The second-order valence-electron chi connectivity index (χ2n) is 4.91. The molecule has 2 rings (SSSR count). The van der Waals surface area contributed by atoms with Gasteiger partial charge >= 0.3 is 0 Å². The Labute approximate surface area is 85.8 Å². The second kappa shape index (κ2) is 3.89. The molecule has 0 bridgehead atoms. The fraction of sp³-hybridized carbons (Fsp3) is 0.909. The molecule has 1 saturated heterocycles. The summed E-state index contributed by atoms with van der Waals surface area (Å²) in [6.07, 6.45) is 5.11. The molecule has 3 heteroatoms. The van der Waals surface area contributed by atoms with Gasteiger partial charge in [-0.25, -0.2) is 0 Å². The quantitative estimate of drug-likeness (QED) is 0.739. The van der Waals surface area contributed by atoms with Gasteiger partial charge in [0.25, 0.3) is 0 Å². The van der Waals surface area contributed by atoms with Crippen LogP contribution in [0.15, 0.2) is 0 Å². The number of carbonyl (C=O) groups excluding carboxylic acids is 1. The molecule has 1 N–H and O–H groups in total. The first-order chi connectivity index (χ1) is 6.68. The van der Waals surface area contributed by atoms with E-state index in [4.69, 9.17) is 0 Å². The van der Waals surface area contributed by atoms with Gasteiger partial charge in [-0.15, -0.1) is 0 Å². The number of hydrogen-bond donors (Lipinski definition) is 1. The highest BCUT2D eigenvalue weighted by Crippen LogP contribution is 2.29. The first-order valence-electron chi connectivity index (χ1n) is 5.73. The molecule has 1 atom stereocenters. The first kappa shape index (κ1) is 9.97. The third kappa shape index (κ3) is 1.78. The van der Waals surface area contributed by atoms with Crippen molar-refractivity contribution in [3.05, 3.63) is 0 Å². The standard InChI is InChI=1S/C11H20N2O/c1-8(2)6-10-12-7-11(14)13(10)9-4-3-5-9/h8-10,12H,3-7H2,1-2H3. The molecule has 0 aromatic heterocycles. The van der Waals surface area contributed by atoms with Crippen LogP contribution in [0.25, 0.3) is 0 Å². The molecule has 1 aliphatic heterocycles. The van der Waals surface area contributed by atoms with Crippen molar-refractivity contribution in [1.29, 1.82) is 0 Å². The van der Waals surface area contributed by atoms with Crippen molar-refractivity contribution in [3.8, 4) is 0 Å². The molecule has 1 amide bonds. The highest BCUT2D eigenvalue weighted by atomic mass is 16.2. The summed E-state index contributed by atoms with van der Waals surface area (Å²) in [6, 6.07) is 0.543. The number of carbonyl (C=O) groups is 1. The van der Waals surface area contributed by atoms with Gasteiger partial charge in [0.1, 0.15) is 0 Å². The van der Waals surface area contributed by atoms with Crippen LogP contribution in [0.2, 0.25) is 0 Å². The molecule has 1 heterocycles. The van der Waals surface area contributed by atoms with Gasteiger partial charge in [0, 0.05) is 6.04 Å². The molecule has 3 nitrogen and oxygen atoms in total. The summed E-state index contributed by atoms with van der Waals surface area (Å²) in [5.74, 6) is 0.960. The molecule has 80 valence electrons. The Hall–Kier alpha value is -0.570. The summed E-state index contributed by atoms with van der Waals surface area (Å²) in [4.78, 5) is 13.8. The molecule has 14 heavy (non-hydrogen) atoms. The van der Waals surface area contributed by atoms with Crippen molar-refractivity contribution >= 4 is 5.91 Å². The molecule has 0 aromatic carbocycles. The summed E-state index contributed by atoms with van der Waals surface area (Å²) >= 11 is 0. The minimum atomic E-state index is 0.306. The van der Waals surface area contributed by atoms with E-state index in [0.29, 0.717) is 30.6 Å². The average Bonchev–Trinajstić information content (AvgIpc) is 2.32. The maximum Gasteiger partial charge on any atom is 0.238 e. The summed E-state index contributed by atoms with van der Waals surface area (Å²) in [7, 11) is 0. The fourth-order valence-electron chi connectivity index (χ4n) is 2.33. The van der Waals surface area contributed by atoms with Crippen LogP contribution >= 0.6 is 0 Å². The van der Waals surface area contributed by atoms with E-state index in [9.17, 15) is 4.79 Å². The lowest BCUT2D eigenvalue weighted by Crippen LogP contribution is -2.48. The summed E-state index contributed by atoms with van der Waals surface area (Å²) in [5, 5.41) is 3.31. The summed E-state index contributed by atoms with van der Waals surface area (Å²) < 4.78 is 0. The van der Waals surface area contributed by atoms with E-state index < -0.39 is 0 Å². The van der Waals surface area contributed by atoms with E-state index in [2.05, 4.69) is 24.1 Å². The van der Waals surface area contributed by atoms with Gasteiger partial charge in [0.2, 0.25) is 5.91 Å². The highest BCUT2D eigenvalue weighted by Gasteiger charge is 2.38. The van der Waals surface area contributed by atoms with Crippen molar-refractivity contribution in [3.63, 3.8) is 0 Å². The van der Waals surface area contributed by atoms with Crippen molar-refractivity contribution in [2.45, 2.75) is 51.7 Å². The van der Waals surface area contributed by atoms with Crippen LogP contribution in [-0.2, 0) is 4.79 Å². The van der Waals surface area contributed by atoms with E-state index >= 15 is 0 Å². The van der Waals surface area contributed by atoms with Gasteiger partial charge in [0.05, 0.1) is 12.7 Å². The Morgan fingerprint density at radius 1 is 1.50 bits per heavy atom. The van der Waals surface area contributed by atoms with Gasteiger partial charge < -0.3 is 4.90 Å². The Kier molecular flexibility index (Phi) is 2.77. The van der Waals surface area contributed by atoms with Crippen LogP contribution in [-0.4, -0.2) is 29.6 Å². The molecule has 0 spiro atoms. The monoisotopic (exact) mass is 196 g/mol. The predicted molar refractivity (Wildman–Crippen MR) is 55.7 cm³/mol. The Morgan fingerprint density at radius 3 is 2.71 bits per heavy atom. The number of amides is 1. The van der Waals surface area contributed by atoms with Crippen LogP contribution in [0.4, 0.5) is 0 Å². The Bertz CT molecular complexity index is 223. The number of hydrogen-bond acceptors (Lipinski definition) is 2. The minimum Gasteiger partial charge on any atom is -0.323 e. The van der Waals surface area contributed by atoms with Crippen LogP contribution in [0, 0.1) is 5.92 Å². The number of rotatable bonds is 3. The lowest BCUT2D eigenvalue weighted by atomic mass is 9.90. The first-order valence-corrected chi connectivity index (χ1v) is 5.73. The van der Waals surface area contributed by atoms with E-state index in [1.54, 1.807) is 0 Å². The topological polar surface area (TPSA) is 32.3 Å². The highest BCUT2D eigenvalue weighted by molar-refractivity contribution is 5.81. The minimum absolute atomic E-state index is 0.306. The van der Waals surface area contributed by atoms with E-state index in [0.717, 1.165) is 6.42 Å². The predicted octanol–water partition coefficient (Wildman–Crippen LogP) is 1.34. The number of nitrogens with one attached hydrogen (secondary N) is 1. The molecule has 1 aliphatic carbocycles. The lowest BCUT2D eigenvalue weighted by molar-refractivity contribution is -0.132. The van der Waals surface area contributed by atoms with Crippen molar-refractivity contribution in [1.82, 2.24) is 10.2 Å². The Balaban J connectivity index is 1.97. The van der Waals surface area contributed by atoms with Gasteiger partial charge in [-0.1, -0.05) is 13.8 Å². The molecular weight excluding hydrogens is 176 g/mol. The van der Waals surface area contributed by atoms with Crippen molar-refractivity contribution in [2.75, 3.05) is 6.54 Å². The smallest absolute Gasteiger partial charge is 0.238 e. The molecule has 1 saturated carbocycles. The molecule has 1 unspecified atom stereocenters. The molecule has 0 aromatic rings. The van der Waals surface area contributed by atoms with E-state index in [1.807, 2.05) is 0 Å². The van der Waals surface area contributed by atoms with Crippen LogP contribution < -0.4 is 5.32 Å². The van der Waals surface area contributed by atoms with Crippen molar-refractivity contribution in [2.24, 2.45) is 5.92 Å². The number of nitrogens with zero attached hydrogens (tertiary/aromatic N) is 1. The third-order valence-corrected chi connectivity index (χ3v) is 3.28. The zero-order chi connectivity index (χ0) is 10.1. The fourth-order valence-corrected chi connectivity index (χ4v) is 2.33. The average molecular weight is 196 g/mol.